The molecule has 31 heavy (non-hydrogen) atoms. The molecular formula is C23H32FIN4O2. The number of methoxy groups -OCH3 is 1. The molecule has 0 aromatic heterocycles. The van der Waals surface area contributed by atoms with Gasteiger partial charge in [0.25, 0.3) is 0 Å². The third-order valence-corrected chi connectivity index (χ3v) is 5.13. The van der Waals surface area contributed by atoms with Crippen molar-refractivity contribution in [2.75, 3.05) is 46.5 Å². The topological polar surface area (TPSA) is 58.1 Å². The Labute approximate surface area is 201 Å². The fraction of sp³-hybridized carbons (Fsp3) is 0.435. The Morgan fingerprint density at radius 1 is 1.16 bits per heavy atom. The van der Waals surface area contributed by atoms with Crippen molar-refractivity contribution in [3.05, 3.63) is 65.5 Å². The molecule has 1 aliphatic rings. The van der Waals surface area contributed by atoms with E-state index in [1.807, 2.05) is 37.3 Å². The van der Waals surface area contributed by atoms with Crippen LogP contribution in [0.4, 0.5) is 4.39 Å². The Bertz CT molecular complexity index is 831. The summed E-state index contributed by atoms with van der Waals surface area (Å²) in [6.45, 7) is 6.91. The largest absolute Gasteiger partial charge is 0.496 e. The normalized spacial score (nSPS) is 15.6. The monoisotopic (exact) mass is 542 g/mol. The molecule has 1 unspecified atom stereocenters. The Kier molecular flexibility index (Phi) is 11.0. The highest BCUT2D eigenvalue weighted by atomic mass is 127. The average Bonchev–Trinajstić information content (AvgIpc) is 2.78. The second-order valence-corrected chi connectivity index (χ2v) is 7.11. The van der Waals surface area contributed by atoms with Crippen molar-refractivity contribution in [2.24, 2.45) is 4.99 Å². The first-order valence-electron chi connectivity index (χ1n) is 10.4. The van der Waals surface area contributed by atoms with Crippen molar-refractivity contribution in [3.8, 4) is 5.75 Å². The van der Waals surface area contributed by atoms with Gasteiger partial charge in [-0.3, -0.25) is 4.90 Å². The molecule has 1 fully saturated rings. The Morgan fingerprint density at radius 2 is 1.94 bits per heavy atom. The minimum atomic E-state index is -0.220. The molecule has 170 valence electrons. The maximum Gasteiger partial charge on any atom is 0.191 e. The number of nitrogens with zero attached hydrogens (tertiary/aromatic N) is 2. The van der Waals surface area contributed by atoms with Gasteiger partial charge in [0.2, 0.25) is 0 Å². The minimum absolute atomic E-state index is 0. The fourth-order valence-electron chi connectivity index (χ4n) is 3.59. The molecule has 0 spiro atoms. The predicted octanol–water partition coefficient (Wildman–Crippen LogP) is 3.58. The number of guanidine groups is 1. The standard InChI is InChI=1S/C23H31FN4O2.HI/c1-3-25-23(26-16-19-7-4-5-10-22(19)29-2)27-17-21(28-11-13-30-14-12-28)18-8-6-9-20(24)15-18;/h4-10,15,21H,3,11-14,16-17H2,1-2H3,(H2,25,26,27);1H. The van der Waals surface area contributed by atoms with Crippen molar-refractivity contribution < 1.29 is 13.9 Å². The van der Waals surface area contributed by atoms with E-state index >= 15 is 0 Å². The lowest BCUT2D eigenvalue weighted by Gasteiger charge is -2.35. The summed E-state index contributed by atoms with van der Waals surface area (Å²) in [5.41, 5.74) is 1.97. The van der Waals surface area contributed by atoms with Crippen molar-refractivity contribution >= 4 is 29.9 Å². The van der Waals surface area contributed by atoms with Gasteiger partial charge in [0.1, 0.15) is 11.6 Å². The molecule has 2 N–H and O–H groups in total. The maximum atomic E-state index is 13.9. The second-order valence-electron chi connectivity index (χ2n) is 7.11. The van der Waals surface area contributed by atoms with Gasteiger partial charge in [0, 0.05) is 31.7 Å². The lowest BCUT2D eigenvalue weighted by molar-refractivity contribution is 0.0169. The molecule has 2 aromatic rings. The Hall–Kier alpha value is -1.91. The predicted molar refractivity (Wildman–Crippen MR) is 133 cm³/mol. The number of morpholine rings is 1. The van der Waals surface area contributed by atoms with Crippen molar-refractivity contribution in [1.29, 1.82) is 0 Å². The minimum Gasteiger partial charge on any atom is -0.496 e. The van der Waals surface area contributed by atoms with Crippen LogP contribution in [0.2, 0.25) is 0 Å². The lowest BCUT2D eigenvalue weighted by Crippen LogP contribution is -2.46. The molecule has 6 nitrogen and oxygen atoms in total. The van der Waals surface area contributed by atoms with Gasteiger partial charge in [-0.15, -0.1) is 24.0 Å². The van der Waals surface area contributed by atoms with Crippen LogP contribution in [0.3, 0.4) is 0 Å². The van der Waals surface area contributed by atoms with Crippen molar-refractivity contribution in [1.82, 2.24) is 15.5 Å². The van der Waals surface area contributed by atoms with E-state index in [0.29, 0.717) is 26.3 Å². The van der Waals surface area contributed by atoms with E-state index in [0.717, 1.165) is 42.5 Å². The average molecular weight is 542 g/mol. The zero-order chi connectivity index (χ0) is 21.2. The number of ether oxygens (including phenoxy) is 2. The van der Waals surface area contributed by atoms with Gasteiger partial charge in [-0.2, -0.15) is 0 Å². The second kappa shape index (κ2) is 13.5. The van der Waals surface area contributed by atoms with Gasteiger partial charge in [0.05, 0.1) is 32.9 Å². The van der Waals surface area contributed by atoms with Crippen LogP contribution in [0.15, 0.2) is 53.5 Å². The van der Waals surface area contributed by atoms with Crippen LogP contribution in [0.5, 0.6) is 5.75 Å². The van der Waals surface area contributed by atoms with E-state index < -0.39 is 0 Å². The van der Waals surface area contributed by atoms with Gasteiger partial charge in [-0.1, -0.05) is 30.3 Å². The molecule has 0 radical (unpaired) electrons. The van der Waals surface area contributed by atoms with Crippen LogP contribution in [-0.4, -0.2) is 57.4 Å². The summed E-state index contributed by atoms with van der Waals surface area (Å²) >= 11 is 0. The maximum absolute atomic E-state index is 13.9. The zero-order valence-corrected chi connectivity index (χ0v) is 20.5. The molecule has 1 aliphatic heterocycles. The molecule has 2 aromatic carbocycles. The highest BCUT2D eigenvalue weighted by Gasteiger charge is 2.23. The molecule has 0 aliphatic carbocycles. The molecule has 3 rings (SSSR count). The van der Waals surface area contributed by atoms with Crippen molar-refractivity contribution in [3.63, 3.8) is 0 Å². The van der Waals surface area contributed by atoms with Gasteiger partial charge >= 0.3 is 0 Å². The fourth-order valence-corrected chi connectivity index (χ4v) is 3.59. The van der Waals surface area contributed by atoms with Crippen LogP contribution in [-0.2, 0) is 11.3 Å². The first kappa shape index (κ1) is 25.4. The smallest absolute Gasteiger partial charge is 0.191 e. The number of hydrogen-bond acceptors (Lipinski definition) is 4. The Balaban J connectivity index is 0.00000341. The lowest BCUT2D eigenvalue weighted by atomic mass is 10.0. The molecule has 0 saturated carbocycles. The van der Waals surface area contributed by atoms with Crippen LogP contribution >= 0.6 is 24.0 Å². The molecule has 1 saturated heterocycles. The van der Waals surface area contributed by atoms with E-state index in [9.17, 15) is 4.39 Å². The summed E-state index contributed by atoms with van der Waals surface area (Å²) in [7, 11) is 1.66. The summed E-state index contributed by atoms with van der Waals surface area (Å²) in [6.07, 6.45) is 0. The van der Waals surface area contributed by atoms with Crippen LogP contribution in [0.25, 0.3) is 0 Å². The summed E-state index contributed by atoms with van der Waals surface area (Å²) in [5.74, 6) is 1.32. The van der Waals surface area contributed by atoms with Crippen LogP contribution in [0.1, 0.15) is 24.1 Å². The summed E-state index contributed by atoms with van der Waals surface area (Å²) in [5, 5.41) is 6.73. The van der Waals surface area contributed by atoms with Gasteiger partial charge in [0.15, 0.2) is 5.96 Å². The highest BCUT2D eigenvalue weighted by Crippen LogP contribution is 2.22. The van der Waals surface area contributed by atoms with E-state index in [4.69, 9.17) is 14.5 Å². The number of nitrogens with one attached hydrogen (secondary N) is 2. The van der Waals surface area contributed by atoms with E-state index in [2.05, 4.69) is 15.5 Å². The summed E-state index contributed by atoms with van der Waals surface area (Å²) in [6, 6.07) is 14.7. The quantitative estimate of drug-likeness (QED) is 0.304. The first-order chi connectivity index (χ1) is 14.7. The first-order valence-corrected chi connectivity index (χ1v) is 10.4. The molecule has 0 bridgehead atoms. The van der Waals surface area contributed by atoms with Gasteiger partial charge in [-0.05, 0) is 30.7 Å². The SMILES string of the molecule is CCNC(=NCc1ccccc1OC)NCC(c1cccc(F)c1)N1CCOCC1.I. The third kappa shape index (κ3) is 7.62. The van der Waals surface area contributed by atoms with Crippen LogP contribution in [0, 0.1) is 5.82 Å². The number of benzene rings is 2. The number of rotatable bonds is 8. The zero-order valence-electron chi connectivity index (χ0n) is 18.1. The third-order valence-electron chi connectivity index (χ3n) is 5.13. The van der Waals surface area contributed by atoms with E-state index in [-0.39, 0.29) is 35.8 Å². The van der Waals surface area contributed by atoms with E-state index in [1.54, 1.807) is 19.2 Å². The number of aliphatic imine (C=N–C) groups is 1. The number of hydrogen-bond donors (Lipinski definition) is 2. The number of halogens is 2. The molecule has 1 atom stereocenters. The molecule has 0 amide bonds. The van der Waals surface area contributed by atoms with Crippen molar-refractivity contribution in [2.45, 2.75) is 19.5 Å². The molecule has 8 heteroatoms. The highest BCUT2D eigenvalue weighted by molar-refractivity contribution is 14.0. The molecule has 1 heterocycles. The summed E-state index contributed by atoms with van der Waals surface area (Å²) in [4.78, 5) is 7.05. The molecular weight excluding hydrogens is 510 g/mol. The van der Waals surface area contributed by atoms with Gasteiger partial charge < -0.3 is 20.1 Å². The van der Waals surface area contributed by atoms with Crippen LogP contribution < -0.4 is 15.4 Å². The number of para-hydroxylation sites is 1. The van der Waals surface area contributed by atoms with E-state index in [1.165, 1.54) is 6.07 Å². The summed E-state index contributed by atoms with van der Waals surface area (Å²) < 4.78 is 24.8. The van der Waals surface area contributed by atoms with Gasteiger partial charge in [-0.25, -0.2) is 9.38 Å². The Morgan fingerprint density at radius 3 is 2.65 bits per heavy atom.